The Bertz CT molecular complexity index is 665. The summed E-state index contributed by atoms with van der Waals surface area (Å²) in [7, 11) is 0. The van der Waals surface area contributed by atoms with Gasteiger partial charge in [-0.05, 0) is 74.1 Å². The highest BCUT2D eigenvalue weighted by Crippen LogP contribution is 2.42. The van der Waals surface area contributed by atoms with E-state index in [-0.39, 0.29) is 0 Å². The summed E-state index contributed by atoms with van der Waals surface area (Å²) in [5, 5.41) is 6.37. The number of ether oxygens (including phenoxy) is 1. The fourth-order valence-electron chi connectivity index (χ4n) is 2.58. The highest BCUT2D eigenvalue weighted by Gasteiger charge is 2.22. The number of nitrogens with one attached hydrogen (secondary N) is 1. The second-order valence-electron chi connectivity index (χ2n) is 6.66. The lowest BCUT2D eigenvalue weighted by atomic mass is 9.80. The molecule has 0 spiro atoms. The number of benzene rings is 1. The van der Waals surface area contributed by atoms with Crippen LogP contribution < -0.4 is 5.32 Å². The van der Waals surface area contributed by atoms with Crippen LogP contribution in [0.4, 0.5) is 10.5 Å². The SMILES string of the molecule is CC(C)(C)OC(=O)Nc1ccc2scc(C3CCC3)c2c1. The summed E-state index contributed by atoms with van der Waals surface area (Å²) >= 11 is 1.79. The number of amides is 1. The minimum atomic E-state index is -0.479. The van der Waals surface area contributed by atoms with Crippen LogP contribution in [-0.4, -0.2) is 11.7 Å². The molecule has 0 aliphatic heterocycles. The van der Waals surface area contributed by atoms with E-state index in [1.165, 1.54) is 34.9 Å². The number of hydrogen-bond donors (Lipinski definition) is 1. The Labute approximate surface area is 129 Å². The smallest absolute Gasteiger partial charge is 0.412 e. The molecule has 1 heterocycles. The molecule has 3 rings (SSSR count). The molecule has 3 nitrogen and oxygen atoms in total. The molecule has 21 heavy (non-hydrogen) atoms. The first-order valence-corrected chi connectivity index (χ1v) is 8.31. The Morgan fingerprint density at radius 2 is 2.10 bits per heavy atom. The van der Waals surface area contributed by atoms with Crippen LogP contribution in [0.3, 0.4) is 0 Å². The van der Waals surface area contributed by atoms with E-state index < -0.39 is 11.7 Å². The van der Waals surface area contributed by atoms with Crippen LogP contribution in [0.1, 0.15) is 51.5 Å². The van der Waals surface area contributed by atoms with Crippen molar-refractivity contribution in [1.82, 2.24) is 0 Å². The van der Waals surface area contributed by atoms with Crippen LogP contribution in [0, 0.1) is 0 Å². The Kier molecular flexibility index (Phi) is 3.66. The lowest BCUT2D eigenvalue weighted by Gasteiger charge is -2.25. The van der Waals surface area contributed by atoms with E-state index in [1.54, 1.807) is 11.3 Å². The van der Waals surface area contributed by atoms with Gasteiger partial charge in [0.15, 0.2) is 0 Å². The van der Waals surface area contributed by atoms with Gasteiger partial charge in [-0.15, -0.1) is 11.3 Å². The second-order valence-corrected chi connectivity index (χ2v) is 7.57. The topological polar surface area (TPSA) is 38.3 Å². The number of carbonyl (C=O) groups excluding carboxylic acids is 1. The van der Waals surface area contributed by atoms with Crippen molar-refractivity contribution in [1.29, 1.82) is 0 Å². The highest BCUT2D eigenvalue weighted by molar-refractivity contribution is 7.17. The molecule has 1 aromatic heterocycles. The molecular weight excluding hydrogens is 282 g/mol. The van der Waals surface area contributed by atoms with Gasteiger partial charge in [-0.25, -0.2) is 4.79 Å². The van der Waals surface area contributed by atoms with Crippen molar-refractivity contribution < 1.29 is 9.53 Å². The molecule has 1 saturated carbocycles. The van der Waals surface area contributed by atoms with Gasteiger partial charge in [-0.3, -0.25) is 5.32 Å². The van der Waals surface area contributed by atoms with Crippen molar-refractivity contribution >= 4 is 33.2 Å². The molecule has 0 radical (unpaired) electrons. The largest absolute Gasteiger partial charge is 0.444 e. The Morgan fingerprint density at radius 1 is 1.33 bits per heavy atom. The van der Waals surface area contributed by atoms with Gasteiger partial charge in [0.2, 0.25) is 0 Å². The molecule has 1 aliphatic rings. The predicted octanol–water partition coefficient (Wildman–Crippen LogP) is 5.52. The van der Waals surface area contributed by atoms with Gasteiger partial charge in [0.1, 0.15) is 5.60 Å². The molecule has 1 amide bonds. The van der Waals surface area contributed by atoms with Crippen LogP contribution in [0.5, 0.6) is 0 Å². The molecule has 112 valence electrons. The first-order chi connectivity index (χ1) is 9.92. The number of fused-ring (bicyclic) bond motifs is 1. The first kappa shape index (κ1) is 14.4. The average Bonchev–Trinajstić information content (AvgIpc) is 2.68. The predicted molar refractivity (Wildman–Crippen MR) is 88.3 cm³/mol. The van der Waals surface area contributed by atoms with E-state index in [0.29, 0.717) is 5.92 Å². The van der Waals surface area contributed by atoms with Crippen molar-refractivity contribution in [2.24, 2.45) is 0 Å². The van der Waals surface area contributed by atoms with E-state index in [4.69, 9.17) is 4.74 Å². The van der Waals surface area contributed by atoms with Gasteiger partial charge in [0.25, 0.3) is 0 Å². The van der Waals surface area contributed by atoms with Crippen LogP contribution >= 0.6 is 11.3 Å². The van der Waals surface area contributed by atoms with Crippen LogP contribution in [0.25, 0.3) is 10.1 Å². The van der Waals surface area contributed by atoms with Crippen LogP contribution in [-0.2, 0) is 4.74 Å². The van der Waals surface area contributed by atoms with E-state index in [9.17, 15) is 4.79 Å². The molecule has 0 saturated heterocycles. The molecule has 4 heteroatoms. The zero-order chi connectivity index (χ0) is 15.0. The van der Waals surface area contributed by atoms with Gasteiger partial charge >= 0.3 is 6.09 Å². The van der Waals surface area contributed by atoms with Crippen LogP contribution in [0.15, 0.2) is 23.6 Å². The molecule has 0 bridgehead atoms. The summed E-state index contributed by atoms with van der Waals surface area (Å²) in [4.78, 5) is 11.9. The minimum Gasteiger partial charge on any atom is -0.444 e. The minimum absolute atomic E-state index is 0.401. The van der Waals surface area contributed by atoms with Crippen LogP contribution in [0.2, 0.25) is 0 Å². The lowest BCUT2D eigenvalue weighted by molar-refractivity contribution is 0.0636. The summed E-state index contributed by atoms with van der Waals surface area (Å²) in [6.07, 6.45) is 3.51. The Morgan fingerprint density at radius 3 is 2.71 bits per heavy atom. The van der Waals surface area contributed by atoms with E-state index in [2.05, 4.69) is 22.8 Å². The van der Waals surface area contributed by atoms with Crippen molar-refractivity contribution in [3.63, 3.8) is 0 Å². The highest BCUT2D eigenvalue weighted by atomic mass is 32.1. The van der Waals surface area contributed by atoms with Gasteiger partial charge in [-0.1, -0.05) is 6.42 Å². The number of carbonyl (C=O) groups is 1. The number of hydrogen-bond acceptors (Lipinski definition) is 3. The maximum absolute atomic E-state index is 11.9. The second kappa shape index (κ2) is 5.34. The van der Waals surface area contributed by atoms with E-state index >= 15 is 0 Å². The molecule has 0 atom stereocenters. The van der Waals surface area contributed by atoms with Crippen molar-refractivity contribution in [2.45, 2.75) is 51.6 Å². The Hall–Kier alpha value is -1.55. The van der Waals surface area contributed by atoms with E-state index in [1.807, 2.05) is 26.8 Å². The quantitative estimate of drug-likeness (QED) is 0.793. The standard InChI is InChI=1S/C17H21NO2S/c1-17(2,3)20-16(19)18-12-7-8-15-13(9-12)14(10-21-15)11-5-4-6-11/h7-11H,4-6H2,1-3H3,(H,18,19). The van der Waals surface area contributed by atoms with E-state index in [0.717, 1.165) is 5.69 Å². The fraction of sp³-hybridized carbons (Fsp3) is 0.471. The fourth-order valence-corrected chi connectivity index (χ4v) is 3.61. The number of anilines is 1. The van der Waals surface area contributed by atoms with Gasteiger partial charge < -0.3 is 4.74 Å². The third-order valence-electron chi connectivity index (χ3n) is 3.79. The third kappa shape index (κ3) is 3.21. The summed E-state index contributed by atoms with van der Waals surface area (Å²) in [6, 6.07) is 6.09. The Balaban J connectivity index is 1.81. The normalized spacial score (nSPS) is 15.8. The third-order valence-corrected chi connectivity index (χ3v) is 4.78. The van der Waals surface area contributed by atoms with Gasteiger partial charge in [-0.2, -0.15) is 0 Å². The zero-order valence-electron chi connectivity index (χ0n) is 12.7. The summed E-state index contributed by atoms with van der Waals surface area (Å²) in [6.45, 7) is 5.59. The summed E-state index contributed by atoms with van der Waals surface area (Å²) in [5.41, 5.74) is 1.76. The van der Waals surface area contributed by atoms with Crippen molar-refractivity contribution in [3.8, 4) is 0 Å². The van der Waals surface area contributed by atoms with Gasteiger partial charge in [0.05, 0.1) is 0 Å². The maximum atomic E-state index is 11.9. The molecule has 1 fully saturated rings. The van der Waals surface area contributed by atoms with Crippen molar-refractivity contribution in [3.05, 3.63) is 29.1 Å². The number of rotatable bonds is 2. The molecule has 1 aromatic carbocycles. The monoisotopic (exact) mass is 303 g/mol. The summed E-state index contributed by atoms with van der Waals surface area (Å²) < 4.78 is 6.58. The molecule has 1 aliphatic carbocycles. The molecule has 0 unspecified atom stereocenters. The maximum Gasteiger partial charge on any atom is 0.412 e. The molecular formula is C17H21NO2S. The molecule has 1 N–H and O–H groups in total. The average molecular weight is 303 g/mol. The number of thiophene rings is 1. The van der Waals surface area contributed by atoms with Crippen molar-refractivity contribution in [2.75, 3.05) is 5.32 Å². The summed E-state index contributed by atoms with van der Waals surface area (Å²) in [5.74, 6) is 0.704. The first-order valence-electron chi connectivity index (χ1n) is 7.43. The lowest BCUT2D eigenvalue weighted by Crippen LogP contribution is -2.27. The molecule has 2 aromatic rings. The zero-order valence-corrected chi connectivity index (χ0v) is 13.5. The van der Waals surface area contributed by atoms with Gasteiger partial charge in [0, 0.05) is 10.4 Å².